The summed E-state index contributed by atoms with van der Waals surface area (Å²) in [5.74, 6) is 0.200. The Balaban J connectivity index is 2.12. The van der Waals surface area contributed by atoms with Crippen molar-refractivity contribution in [3.05, 3.63) is 39.2 Å². The summed E-state index contributed by atoms with van der Waals surface area (Å²) in [7, 11) is 0. The predicted octanol–water partition coefficient (Wildman–Crippen LogP) is 4.54. The summed E-state index contributed by atoms with van der Waals surface area (Å²) < 4.78 is 51.7. The van der Waals surface area contributed by atoms with Gasteiger partial charge in [-0.15, -0.1) is 0 Å². The Hall–Kier alpha value is -1.57. The summed E-state index contributed by atoms with van der Waals surface area (Å²) in [5, 5.41) is 0. The lowest BCUT2D eigenvalue weighted by Gasteiger charge is -2.21. The number of benzene rings is 1. The van der Waals surface area contributed by atoms with Gasteiger partial charge in [-0.05, 0) is 55.7 Å². The van der Waals surface area contributed by atoms with Gasteiger partial charge in [0.05, 0.1) is 0 Å². The molecule has 3 rings (SSSR count). The van der Waals surface area contributed by atoms with Gasteiger partial charge >= 0.3 is 6.18 Å². The SMILES string of the molecule is Cc1cc(C)c(-c2c(OP(C)(=S)OCC(F)(F)F)n3n(c2=O)CCC3)c(C)c1. The van der Waals surface area contributed by atoms with Crippen LogP contribution < -0.4 is 10.1 Å². The second kappa shape index (κ2) is 7.35. The van der Waals surface area contributed by atoms with Gasteiger partial charge in [-0.3, -0.25) is 9.48 Å². The quantitative estimate of drug-likeness (QED) is 0.648. The van der Waals surface area contributed by atoms with Gasteiger partial charge in [0.15, 0.2) is 6.61 Å². The van der Waals surface area contributed by atoms with E-state index in [0.29, 0.717) is 18.7 Å². The number of rotatable bonds is 5. The lowest BCUT2D eigenvalue weighted by atomic mass is 9.95. The fourth-order valence-electron chi connectivity index (χ4n) is 3.64. The summed E-state index contributed by atoms with van der Waals surface area (Å²) in [5.41, 5.74) is 3.68. The zero-order valence-corrected chi connectivity index (χ0v) is 17.8. The van der Waals surface area contributed by atoms with E-state index >= 15 is 0 Å². The average molecular weight is 434 g/mol. The number of nitrogens with zero attached hydrogens (tertiary/aromatic N) is 2. The molecule has 154 valence electrons. The Bertz CT molecular complexity index is 1000. The van der Waals surface area contributed by atoms with E-state index in [1.807, 2.05) is 32.9 Å². The maximum atomic E-state index is 13.1. The van der Waals surface area contributed by atoms with Crippen molar-refractivity contribution in [1.82, 2.24) is 9.36 Å². The van der Waals surface area contributed by atoms with E-state index in [0.717, 1.165) is 28.7 Å². The number of alkyl halides is 3. The Kier molecular flexibility index (Phi) is 5.55. The van der Waals surface area contributed by atoms with Crippen LogP contribution in [0.15, 0.2) is 16.9 Å². The molecule has 2 aromatic rings. The zero-order valence-electron chi connectivity index (χ0n) is 16.1. The molecular weight excluding hydrogens is 412 g/mol. The van der Waals surface area contributed by atoms with Crippen LogP contribution in [0, 0.1) is 20.8 Å². The molecule has 0 saturated carbocycles. The average Bonchev–Trinajstić information content (AvgIpc) is 3.10. The summed E-state index contributed by atoms with van der Waals surface area (Å²) in [6, 6.07) is 3.92. The minimum absolute atomic E-state index is 0.200. The number of hydrogen-bond donors (Lipinski definition) is 0. The highest BCUT2D eigenvalue weighted by atomic mass is 32.5. The number of aryl methyl sites for hydroxylation is 3. The van der Waals surface area contributed by atoms with E-state index in [1.165, 1.54) is 6.66 Å². The lowest BCUT2D eigenvalue weighted by Crippen LogP contribution is -2.18. The first-order chi connectivity index (χ1) is 12.9. The largest absolute Gasteiger partial charge is 0.425 e. The molecule has 1 aliphatic rings. The van der Waals surface area contributed by atoms with Crippen LogP contribution in [-0.4, -0.2) is 28.8 Å². The Labute approximate surface area is 166 Å². The maximum absolute atomic E-state index is 13.1. The fraction of sp³-hybridized carbons (Fsp3) is 0.500. The molecule has 1 unspecified atom stereocenters. The van der Waals surface area contributed by atoms with Crippen LogP contribution in [0.4, 0.5) is 13.2 Å². The lowest BCUT2D eigenvalue weighted by molar-refractivity contribution is -0.153. The van der Waals surface area contributed by atoms with Gasteiger partial charge in [0, 0.05) is 19.8 Å². The van der Waals surface area contributed by atoms with Gasteiger partial charge in [0.25, 0.3) is 5.56 Å². The minimum Gasteiger partial charge on any atom is -0.425 e. The number of hydrogen-bond acceptors (Lipinski definition) is 4. The molecule has 0 spiro atoms. The Morgan fingerprint density at radius 2 is 1.68 bits per heavy atom. The van der Waals surface area contributed by atoms with Crippen LogP contribution >= 0.6 is 6.49 Å². The predicted molar refractivity (Wildman–Crippen MR) is 106 cm³/mol. The number of fused-ring (bicyclic) bond motifs is 1. The summed E-state index contributed by atoms with van der Waals surface area (Å²) >= 11 is 5.21. The third kappa shape index (κ3) is 4.21. The normalized spacial score (nSPS) is 16.1. The van der Waals surface area contributed by atoms with Crippen molar-refractivity contribution in [2.45, 2.75) is 46.5 Å². The molecule has 0 aliphatic carbocycles. The molecule has 0 bridgehead atoms. The molecule has 1 aromatic carbocycles. The highest BCUT2D eigenvalue weighted by Crippen LogP contribution is 2.49. The molecular formula is C18H22F3N2O3PS. The van der Waals surface area contributed by atoms with E-state index in [2.05, 4.69) is 0 Å². The Morgan fingerprint density at radius 3 is 2.25 bits per heavy atom. The smallest absolute Gasteiger partial charge is 0.412 e. The van der Waals surface area contributed by atoms with Crippen LogP contribution in [0.5, 0.6) is 5.88 Å². The molecule has 2 heterocycles. The maximum Gasteiger partial charge on any atom is 0.412 e. The van der Waals surface area contributed by atoms with Gasteiger partial charge in [-0.1, -0.05) is 17.7 Å². The van der Waals surface area contributed by atoms with Crippen LogP contribution in [-0.2, 0) is 29.4 Å². The van der Waals surface area contributed by atoms with Gasteiger partial charge in [-0.2, -0.15) is 13.2 Å². The first kappa shape index (κ1) is 21.1. The van der Waals surface area contributed by atoms with Crippen molar-refractivity contribution in [2.75, 3.05) is 13.3 Å². The first-order valence-electron chi connectivity index (χ1n) is 8.80. The highest BCUT2D eigenvalue weighted by Gasteiger charge is 2.34. The van der Waals surface area contributed by atoms with Crippen LogP contribution in [0.25, 0.3) is 11.1 Å². The van der Waals surface area contributed by atoms with Crippen molar-refractivity contribution in [1.29, 1.82) is 0 Å². The molecule has 1 aromatic heterocycles. The van der Waals surface area contributed by atoms with Gasteiger partial charge in [0.2, 0.25) is 12.4 Å². The van der Waals surface area contributed by atoms with Crippen molar-refractivity contribution in [2.24, 2.45) is 0 Å². The van der Waals surface area contributed by atoms with Gasteiger partial charge < -0.3 is 9.05 Å². The molecule has 28 heavy (non-hydrogen) atoms. The third-order valence-electron chi connectivity index (χ3n) is 4.57. The minimum atomic E-state index is -4.50. The second-order valence-corrected chi connectivity index (χ2v) is 11.1. The summed E-state index contributed by atoms with van der Waals surface area (Å²) in [6.07, 6.45) is -3.76. The highest BCUT2D eigenvalue weighted by molar-refractivity contribution is 8.09. The van der Waals surface area contributed by atoms with Crippen molar-refractivity contribution in [3.63, 3.8) is 0 Å². The van der Waals surface area contributed by atoms with E-state index in [9.17, 15) is 18.0 Å². The molecule has 1 atom stereocenters. The van der Waals surface area contributed by atoms with Gasteiger partial charge in [0.1, 0.15) is 5.56 Å². The van der Waals surface area contributed by atoms with Crippen molar-refractivity contribution >= 4 is 18.3 Å². The third-order valence-corrected chi connectivity index (χ3v) is 6.21. The van der Waals surface area contributed by atoms with E-state index in [4.69, 9.17) is 20.9 Å². The van der Waals surface area contributed by atoms with E-state index in [-0.39, 0.29) is 11.4 Å². The molecule has 0 N–H and O–H groups in total. The molecule has 0 saturated heterocycles. The summed E-state index contributed by atoms with van der Waals surface area (Å²) in [6.45, 7) is 3.40. The monoisotopic (exact) mass is 434 g/mol. The number of aromatic nitrogens is 2. The number of halogens is 3. The first-order valence-corrected chi connectivity index (χ1v) is 11.9. The zero-order chi connectivity index (χ0) is 20.9. The topological polar surface area (TPSA) is 45.4 Å². The van der Waals surface area contributed by atoms with E-state index in [1.54, 1.807) is 9.36 Å². The Morgan fingerprint density at radius 1 is 1.11 bits per heavy atom. The molecule has 0 radical (unpaired) electrons. The van der Waals surface area contributed by atoms with Crippen molar-refractivity contribution in [3.8, 4) is 17.0 Å². The molecule has 1 aliphatic heterocycles. The second-order valence-electron chi connectivity index (χ2n) is 7.11. The molecule has 5 nitrogen and oxygen atoms in total. The van der Waals surface area contributed by atoms with Crippen LogP contribution in [0.1, 0.15) is 23.1 Å². The fourth-order valence-corrected chi connectivity index (χ4v) is 4.94. The van der Waals surface area contributed by atoms with Crippen LogP contribution in [0.3, 0.4) is 0 Å². The molecule has 0 amide bonds. The van der Waals surface area contributed by atoms with E-state index < -0.39 is 19.3 Å². The van der Waals surface area contributed by atoms with Crippen LogP contribution in [0.2, 0.25) is 0 Å². The van der Waals surface area contributed by atoms with Gasteiger partial charge in [-0.25, -0.2) is 4.68 Å². The summed E-state index contributed by atoms with van der Waals surface area (Å²) in [4.78, 5) is 13.1. The molecule has 10 heteroatoms. The van der Waals surface area contributed by atoms with Crippen molar-refractivity contribution < 1.29 is 22.2 Å². The molecule has 0 fully saturated rings. The standard InChI is InChI=1S/C18H22F3N2O3PS/c1-11-8-12(2)14(13(3)9-11)15-16(24)22-6-5-7-23(22)17(15)26-27(4,28)25-10-18(19,20)21/h8-9H,5-7,10H2,1-4H3.